The topological polar surface area (TPSA) is 73.1 Å². The molecule has 0 unspecified atom stereocenters. The Balaban J connectivity index is 2.58. The van der Waals surface area contributed by atoms with Crippen molar-refractivity contribution in [2.24, 2.45) is 0 Å². The number of nitrogens with two attached hydrogens (primary N) is 1. The van der Waals surface area contributed by atoms with E-state index in [1.165, 1.54) is 0 Å². The van der Waals surface area contributed by atoms with Gasteiger partial charge in [0, 0.05) is 11.5 Å². The maximum Gasteiger partial charge on any atom is 0.145 e. The zero-order chi connectivity index (χ0) is 11.5. The third kappa shape index (κ3) is 1.90. The number of ether oxygens (including phenoxy) is 1. The molecule has 0 aliphatic rings. The van der Waals surface area contributed by atoms with Gasteiger partial charge in [-0.15, -0.1) is 0 Å². The lowest BCUT2D eigenvalue weighted by Gasteiger charge is -2.06. The van der Waals surface area contributed by atoms with E-state index in [-0.39, 0.29) is 0 Å². The highest BCUT2D eigenvalue weighted by Gasteiger charge is 2.05. The number of benzene rings is 1. The first-order valence-corrected chi connectivity index (χ1v) is 4.99. The van der Waals surface area contributed by atoms with Gasteiger partial charge in [0.1, 0.15) is 17.4 Å². The third-order valence-electron chi connectivity index (χ3n) is 2.31. The molecular formula is C11H14N4O. The van der Waals surface area contributed by atoms with Gasteiger partial charge in [0.05, 0.1) is 19.2 Å². The van der Waals surface area contributed by atoms with Crippen molar-refractivity contribution in [2.75, 3.05) is 19.9 Å². The average molecular weight is 218 g/mol. The second-order valence-corrected chi connectivity index (χ2v) is 3.44. The molecule has 0 bridgehead atoms. The van der Waals surface area contributed by atoms with Crippen molar-refractivity contribution in [3.63, 3.8) is 0 Å². The first kappa shape index (κ1) is 10.6. The lowest BCUT2D eigenvalue weighted by molar-refractivity contribution is 0.415. The molecule has 1 aromatic carbocycles. The lowest BCUT2D eigenvalue weighted by atomic mass is 10.2. The summed E-state index contributed by atoms with van der Waals surface area (Å²) < 4.78 is 5.15. The van der Waals surface area contributed by atoms with Crippen molar-refractivity contribution in [3.8, 4) is 5.75 Å². The van der Waals surface area contributed by atoms with Gasteiger partial charge in [-0.1, -0.05) is 0 Å². The molecule has 0 aliphatic heterocycles. The number of nitrogens with zero attached hydrogens (tertiary/aromatic N) is 2. The van der Waals surface area contributed by atoms with Crippen LogP contribution in [0.5, 0.6) is 5.75 Å². The standard InChI is InChI=1S/C11H14N4O/c1-13-6-10-14-9-5-7(16-2)3-4-8(9)11(12)15-10/h3-5,13H,6H2,1-2H3,(H2,12,14,15). The molecule has 5 nitrogen and oxygen atoms in total. The van der Waals surface area contributed by atoms with Crippen molar-refractivity contribution < 1.29 is 4.74 Å². The molecule has 16 heavy (non-hydrogen) atoms. The van der Waals surface area contributed by atoms with Gasteiger partial charge in [0.15, 0.2) is 0 Å². The van der Waals surface area contributed by atoms with Gasteiger partial charge in [-0.05, 0) is 19.2 Å². The van der Waals surface area contributed by atoms with Crippen LogP contribution in [0.25, 0.3) is 10.9 Å². The summed E-state index contributed by atoms with van der Waals surface area (Å²) >= 11 is 0. The van der Waals surface area contributed by atoms with Crippen LogP contribution >= 0.6 is 0 Å². The van der Waals surface area contributed by atoms with E-state index in [1.54, 1.807) is 7.11 Å². The van der Waals surface area contributed by atoms with E-state index in [4.69, 9.17) is 10.5 Å². The number of nitrogens with one attached hydrogen (secondary N) is 1. The molecule has 0 aliphatic carbocycles. The maximum atomic E-state index is 5.86. The molecule has 0 spiro atoms. The van der Waals surface area contributed by atoms with Gasteiger partial charge in [-0.2, -0.15) is 0 Å². The van der Waals surface area contributed by atoms with Crippen LogP contribution in [0.1, 0.15) is 5.82 Å². The number of anilines is 1. The van der Waals surface area contributed by atoms with E-state index < -0.39 is 0 Å². The molecule has 1 aromatic heterocycles. The second kappa shape index (κ2) is 4.32. The van der Waals surface area contributed by atoms with E-state index in [0.29, 0.717) is 18.2 Å². The Morgan fingerprint density at radius 1 is 1.38 bits per heavy atom. The van der Waals surface area contributed by atoms with Crippen LogP contribution in [0.3, 0.4) is 0 Å². The molecule has 3 N–H and O–H groups in total. The smallest absolute Gasteiger partial charge is 0.145 e. The van der Waals surface area contributed by atoms with Crippen molar-refractivity contribution in [2.45, 2.75) is 6.54 Å². The fourth-order valence-corrected chi connectivity index (χ4v) is 1.55. The number of rotatable bonds is 3. The molecule has 0 radical (unpaired) electrons. The summed E-state index contributed by atoms with van der Waals surface area (Å²) in [6.07, 6.45) is 0. The van der Waals surface area contributed by atoms with Crippen molar-refractivity contribution in [1.82, 2.24) is 15.3 Å². The summed E-state index contributed by atoms with van der Waals surface area (Å²) in [6, 6.07) is 5.57. The van der Waals surface area contributed by atoms with Crippen LogP contribution in [-0.2, 0) is 6.54 Å². The molecule has 5 heteroatoms. The molecule has 84 valence electrons. The summed E-state index contributed by atoms with van der Waals surface area (Å²) in [4.78, 5) is 8.61. The Morgan fingerprint density at radius 2 is 2.19 bits per heavy atom. The SMILES string of the molecule is CNCc1nc(N)c2ccc(OC)cc2n1. The zero-order valence-corrected chi connectivity index (χ0v) is 9.32. The summed E-state index contributed by atoms with van der Waals surface area (Å²) in [5.41, 5.74) is 6.66. The number of hydrogen-bond donors (Lipinski definition) is 2. The van der Waals surface area contributed by atoms with Crippen LogP contribution < -0.4 is 15.8 Å². The van der Waals surface area contributed by atoms with E-state index >= 15 is 0 Å². The molecule has 0 saturated heterocycles. The minimum Gasteiger partial charge on any atom is -0.497 e. The zero-order valence-electron chi connectivity index (χ0n) is 9.32. The van der Waals surface area contributed by atoms with Gasteiger partial charge in [-0.3, -0.25) is 0 Å². The monoisotopic (exact) mass is 218 g/mol. The van der Waals surface area contributed by atoms with Crippen molar-refractivity contribution in [3.05, 3.63) is 24.0 Å². The van der Waals surface area contributed by atoms with Gasteiger partial charge < -0.3 is 15.8 Å². The number of nitrogen functional groups attached to an aromatic ring is 1. The van der Waals surface area contributed by atoms with Crippen molar-refractivity contribution >= 4 is 16.7 Å². The largest absolute Gasteiger partial charge is 0.497 e. The molecule has 0 saturated carbocycles. The Bertz CT molecular complexity index is 513. The molecule has 0 amide bonds. The Labute approximate surface area is 93.7 Å². The fraction of sp³-hybridized carbons (Fsp3) is 0.273. The van der Waals surface area contributed by atoms with Gasteiger partial charge in [0.2, 0.25) is 0 Å². The Hall–Kier alpha value is -1.88. The Morgan fingerprint density at radius 3 is 2.88 bits per heavy atom. The van der Waals surface area contributed by atoms with Crippen LogP contribution in [0.15, 0.2) is 18.2 Å². The highest BCUT2D eigenvalue weighted by molar-refractivity contribution is 5.88. The number of fused-ring (bicyclic) bond motifs is 1. The van der Waals surface area contributed by atoms with E-state index in [1.807, 2.05) is 25.2 Å². The normalized spacial score (nSPS) is 10.6. The van der Waals surface area contributed by atoms with Gasteiger partial charge in [-0.25, -0.2) is 9.97 Å². The maximum absolute atomic E-state index is 5.86. The number of methoxy groups -OCH3 is 1. The summed E-state index contributed by atoms with van der Waals surface area (Å²) in [5.74, 6) is 1.94. The van der Waals surface area contributed by atoms with Gasteiger partial charge in [0.25, 0.3) is 0 Å². The van der Waals surface area contributed by atoms with Crippen LogP contribution in [-0.4, -0.2) is 24.1 Å². The summed E-state index contributed by atoms with van der Waals surface area (Å²) in [6.45, 7) is 0.595. The number of hydrogen-bond acceptors (Lipinski definition) is 5. The highest BCUT2D eigenvalue weighted by Crippen LogP contribution is 2.22. The molecule has 1 heterocycles. The van der Waals surface area contributed by atoms with Crippen LogP contribution in [0, 0.1) is 0 Å². The molecule has 0 atom stereocenters. The first-order valence-electron chi connectivity index (χ1n) is 4.99. The number of aromatic nitrogens is 2. The molecule has 2 aromatic rings. The van der Waals surface area contributed by atoms with Crippen LogP contribution in [0.2, 0.25) is 0 Å². The van der Waals surface area contributed by atoms with E-state index in [2.05, 4.69) is 15.3 Å². The first-order chi connectivity index (χ1) is 7.74. The Kier molecular flexibility index (Phi) is 2.87. The molecule has 2 rings (SSSR count). The predicted molar refractivity (Wildman–Crippen MR) is 63.3 cm³/mol. The van der Waals surface area contributed by atoms with E-state index in [0.717, 1.165) is 16.7 Å². The van der Waals surface area contributed by atoms with Gasteiger partial charge >= 0.3 is 0 Å². The minimum absolute atomic E-state index is 0.498. The van der Waals surface area contributed by atoms with E-state index in [9.17, 15) is 0 Å². The minimum atomic E-state index is 0.498. The third-order valence-corrected chi connectivity index (χ3v) is 2.31. The van der Waals surface area contributed by atoms with Crippen molar-refractivity contribution in [1.29, 1.82) is 0 Å². The molecular weight excluding hydrogens is 204 g/mol. The average Bonchev–Trinajstić information content (AvgIpc) is 2.28. The predicted octanol–water partition coefficient (Wildman–Crippen LogP) is 0.940. The fourth-order valence-electron chi connectivity index (χ4n) is 1.55. The quantitative estimate of drug-likeness (QED) is 0.802. The summed E-state index contributed by atoms with van der Waals surface area (Å²) in [5, 5.41) is 3.84. The lowest BCUT2D eigenvalue weighted by Crippen LogP contribution is -2.10. The summed E-state index contributed by atoms with van der Waals surface area (Å²) in [7, 11) is 3.47. The van der Waals surface area contributed by atoms with Crippen LogP contribution in [0.4, 0.5) is 5.82 Å². The molecule has 0 fully saturated rings. The highest BCUT2D eigenvalue weighted by atomic mass is 16.5. The second-order valence-electron chi connectivity index (χ2n) is 3.44.